The van der Waals surface area contributed by atoms with Gasteiger partial charge in [-0.05, 0) is 18.2 Å². The van der Waals surface area contributed by atoms with E-state index in [0.717, 1.165) is 15.8 Å². The van der Waals surface area contributed by atoms with E-state index >= 15 is 0 Å². The number of methoxy groups -OCH3 is 1. The number of aromatic nitrogens is 3. The second-order valence-electron chi connectivity index (χ2n) is 2.81. The van der Waals surface area contributed by atoms with Gasteiger partial charge in [-0.15, -0.1) is 5.10 Å². The number of nitrogens with zero attached hydrogens (tertiary/aromatic N) is 3. The minimum atomic E-state index is 0.552. The Bertz CT molecular complexity index is 461. The van der Waals surface area contributed by atoms with E-state index in [1.165, 1.54) is 6.20 Å². The number of halogens is 1. The summed E-state index contributed by atoms with van der Waals surface area (Å²) in [5.74, 6) is 1.28. The van der Waals surface area contributed by atoms with Crippen LogP contribution >= 0.6 is 15.9 Å². The maximum atomic E-state index is 5.23. The summed E-state index contributed by atoms with van der Waals surface area (Å²) in [5, 5.41) is 7.72. The SMILES string of the molecule is COc1ccc(Br)cc1-c1nccnn1. The maximum absolute atomic E-state index is 5.23. The molecule has 0 spiro atoms. The van der Waals surface area contributed by atoms with Crippen molar-refractivity contribution in [3.63, 3.8) is 0 Å². The fourth-order valence-electron chi connectivity index (χ4n) is 1.23. The van der Waals surface area contributed by atoms with Crippen LogP contribution in [0.5, 0.6) is 5.75 Å². The van der Waals surface area contributed by atoms with Gasteiger partial charge in [0.1, 0.15) is 5.75 Å². The third-order valence-corrected chi connectivity index (χ3v) is 2.38. The van der Waals surface area contributed by atoms with E-state index in [2.05, 4.69) is 31.1 Å². The molecule has 1 aromatic heterocycles. The predicted octanol–water partition coefficient (Wildman–Crippen LogP) is 2.31. The molecule has 2 rings (SSSR count). The number of ether oxygens (including phenoxy) is 1. The van der Waals surface area contributed by atoms with E-state index in [1.54, 1.807) is 13.3 Å². The molecule has 0 aliphatic heterocycles. The summed E-state index contributed by atoms with van der Waals surface area (Å²) in [6.07, 6.45) is 3.14. The second-order valence-corrected chi connectivity index (χ2v) is 3.73. The first-order chi connectivity index (χ1) is 7.31. The van der Waals surface area contributed by atoms with Gasteiger partial charge in [-0.2, -0.15) is 5.10 Å². The van der Waals surface area contributed by atoms with Crippen molar-refractivity contribution in [2.45, 2.75) is 0 Å². The fraction of sp³-hybridized carbons (Fsp3) is 0.100. The van der Waals surface area contributed by atoms with E-state index in [1.807, 2.05) is 18.2 Å². The molecule has 0 saturated carbocycles. The van der Waals surface area contributed by atoms with Gasteiger partial charge < -0.3 is 4.74 Å². The van der Waals surface area contributed by atoms with Crippen molar-refractivity contribution < 1.29 is 4.74 Å². The van der Waals surface area contributed by atoms with Crippen molar-refractivity contribution in [2.24, 2.45) is 0 Å². The molecular weight excluding hydrogens is 258 g/mol. The zero-order chi connectivity index (χ0) is 10.7. The lowest BCUT2D eigenvalue weighted by Gasteiger charge is -2.06. The van der Waals surface area contributed by atoms with E-state index < -0.39 is 0 Å². The van der Waals surface area contributed by atoms with Crippen molar-refractivity contribution in [1.82, 2.24) is 15.2 Å². The van der Waals surface area contributed by atoms with Crippen LogP contribution in [0.3, 0.4) is 0 Å². The number of rotatable bonds is 2. The van der Waals surface area contributed by atoms with Crippen LogP contribution < -0.4 is 4.74 Å². The molecule has 0 radical (unpaired) electrons. The molecule has 0 saturated heterocycles. The summed E-state index contributed by atoms with van der Waals surface area (Å²) in [5.41, 5.74) is 0.819. The van der Waals surface area contributed by atoms with Gasteiger partial charge in [0.05, 0.1) is 18.9 Å². The third kappa shape index (κ3) is 2.12. The Labute approximate surface area is 95.5 Å². The molecule has 15 heavy (non-hydrogen) atoms. The van der Waals surface area contributed by atoms with Crippen LogP contribution in [0.15, 0.2) is 35.1 Å². The Hall–Kier alpha value is -1.49. The molecule has 0 atom stereocenters. The fourth-order valence-corrected chi connectivity index (χ4v) is 1.59. The maximum Gasteiger partial charge on any atom is 0.185 e. The van der Waals surface area contributed by atoms with Crippen LogP contribution in [0.2, 0.25) is 0 Å². The van der Waals surface area contributed by atoms with Gasteiger partial charge in [0, 0.05) is 10.7 Å². The van der Waals surface area contributed by atoms with Crippen LogP contribution in [-0.2, 0) is 0 Å². The molecule has 0 bridgehead atoms. The molecule has 0 amide bonds. The van der Waals surface area contributed by atoms with Gasteiger partial charge >= 0.3 is 0 Å². The molecule has 0 aliphatic carbocycles. The monoisotopic (exact) mass is 265 g/mol. The first-order valence-electron chi connectivity index (χ1n) is 4.29. The molecule has 5 heteroatoms. The first kappa shape index (κ1) is 10.0. The average molecular weight is 266 g/mol. The summed E-state index contributed by atoms with van der Waals surface area (Å²) >= 11 is 3.39. The Morgan fingerprint density at radius 3 is 2.80 bits per heavy atom. The highest BCUT2D eigenvalue weighted by molar-refractivity contribution is 9.10. The minimum Gasteiger partial charge on any atom is -0.496 e. The molecule has 0 N–H and O–H groups in total. The highest BCUT2D eigenvalue weighted by Crippen LogP contribution is 2.29. The van der Waals surface area contributed by atoms with Crippen molar-refractivity contribution in [3.05, 3.63) is 35.1 Å². The Morgan fingerprint density at radius 1 is 1.27 bits per heavy atom. The van der Waals surface area contributed by atoms with Crippen LogP contribution in [0, 0.1) is 0 Å². The molecule has 1 aromatic carbocycles. The number of hydrogen-bond donors (Lipinski definition) is 0. The van der Waals surface area contributed by atoms with E-state index in [4.69, 9.17) is 4.74 Å². The molecule has 4 nitrogen and oxygen atoms in total. The van der Waals surface area contributed by atoms with Gasteiger partial charge in [-0.25, -0.2) is 4.98 Å². The molecule has 2 aromatic rings. The highest BCUT2D eigenvalue weighted by Gasteiger charge is 2.08. The summed E-state index contributed by atoms with van der Waals surface area (Å²) < 4.78 is 6.18. The third-order valence-electron chi connectivity index (χ3n) is 1.89. The molecule has 0 fully saturated rings. The van der Waals surface area contributed by atoms with Crippen molar-refractivity contribution >= 4 is 15.9 Å². The summed E-state index contributed by atoms with van der Waals surface area (Å²) in [6.45, 7) is 0. The zero-order valence-corrected chi connectivity index (χ0v) is 9.60. The van der Waals surface area contributed by atoms with Crippen LogP contribution in [0.25, 0.3) is 11.4 Å². The quantitative estimate of drug-likeness (QED) is 0.836. The van der Waals surface area contributed by atoms with Crippen LogP contribution in [0.4, 0.5) is 0 Å². The molecule has 1 heterocycles. The van der Waals surface area contributed by atoms with E-state index in [-0.39, 0.29) is 0 Å². The van der Waals surface area contributed by atoms with Crippen LogP contribution in [0.1, 0.15) is 0 Å². The predicted molar refractivity (Wildman–Crippen MR) is 59.5 cm³/mol. The van der Waals surface area contributed by atoms with Crippen LogP contribution in [-0.4, -0.2) is 22.3 Å². The number of benzene rings is 1. The van der Waals surface area contributed by atoms with E-state index in [9.17, 15) is 0 Å². The van der Waals surface area contributed by atoms with Gasteiger partial charge in [-0.3, -0.25) is 0 Å². The standard InChI is InChI=1S/C10H8BrN3O/c1-15-9-3-2-7(11)6-8(9)10-12-4-5-13-14-10/h2-6H,1H3. The topological polar surface area (TPSA) is 47.9 Å². The zero-order valence-electron chi connectivity index (χ0n) is 8.01. The lowest BCUT2D eigenvalue weighted by atomic mass is 10.2. The largest absolute Gasteiger partial charge is 0.496 e. The van der Waals surface area contributed by atoms with E-state index in [0.29, 0.717) is 5.82 Å². The molecule has 76 valence electrons. The molecule has 0 aliphatic rings. The first-order valence-corrected chi connectivity index (χ1v) is 5.08. The van der Waals surface area contributed by atoms with Crippen molar-refractivity contribution in [3.8, 4) is 17.1 Å². The Kier molecular flexibility index (Phi) is 2.91. The van der Waals surface area contributed by atoms with Crippen molar-refractivity contribution in [1.29, 1.82) is 0 Å². The van der Waals surface area contributed by atoms with Gasteiger partial charge in [0.2, 0.25) is 0 Å². The minimum absolute atomic E-state index is 0.552. The lowest BCUT2D eigenvalue weighted by Crippen LogP contribution is -1.94. The van der Waals surface area contributed by atoms with Gasteiger partial charge in [-0.1, -0.05) is 15.9 Å². The Balaban J connectivity index is 2.56. The highest BCUT2D eigenvalue weighted by atomic mass is 79.9. The molecular formula is C10H8BrN3O. The lowest BCUT2D eigenvalue weighted by molar-refractivity contribution is 0.416. The summed E-state index contributed by atoms with van der Waals surface area (Å²) in [4.78, 5) is 4.12. The molecule has 0 unspecified atom stereocenters. The van der Waals surface area contributed by atoms with Gasteiger partial charge in [0.15, 0.2) is 5.82 Å². The summed E-state index contributed by atoms with van der Waals surface area (Å²) in [7, 11) is 1.61. The van der Waals surface area contributed by atoms with Crippen molar-refractivity contribution in [2.75, 3.05) is 7.11 Å². The Morgan fingerprint density at radius 2 is 2.13 bits per heavy atom. The average Bonchev–Trinajstić information content (AvgIpc) is 2.30. The van der Waals surface area contributed by atoms with Gasteiger partial charge in [0.25, 0.3) is 0 Å². The summed E-state index contributed by atoms with van der Waals surface area (Å²) in [6, 6.07) is 5.66. The normalized spacial score (nSPS) is 10.0. The number of hydrogen-bond acceptors (Lipinski definition) is 4. The smallest absolute Gasteiger partial charge is 0.185 e. The second kappa shape index (κ2) is 4.35.